The third kappa shape index (κ3) is 4.85. The van der Waals surface area contributed by atoms with Crippen LogP contribution in [0, 0.1) is 5.41 Å². The van der Waals surface area contributed by atoms with Crippen molar-refractivity contribution in [3.63, 3.8) is 0 Å². The number of hydrogen-bond acceptors (Lipinski definition) is 1. The predicted octanol–water partition coefficient (Wildman–Crippen LogP) is 5.62. The lowest BCUT2D eigenvalue weighted by Gasteiger charge is -2.35. The summed E-state index contributed by atoms with van der Waals surface area (Å²) in [5.41, 5.74) is 1.87. The van der Waals surface area contributed by atoms with Crippen LogP contribution in [0.5, 0.6) is 0 Å². The Morgan fingerprint density at radius 2 is 1.85 bits per heavy atom. The average Bonchev–Trinajstić information content (AvgIpc) is 2.65. The Balaban J connectivity index is 1.96. The van der Waals surface area contributed by atoms with Crippen molar-refractivity contribution in [3.05, 3.63) is 34.3 Å². The summed E-state index contributed by atoms with van der Waals surface area (Å²) in [6.45, 7) is 2.24. The van der Waals surface area contributed by atoms with Gasteiger partial charge in [-0.3, -0.25) is 0 Å². The maximum atomic E-state index is 3.79. The lowest BCUT2D eigenvalue weighted by Crippen LogP contribution is -2.36. The Morgan fingerprint density at radius 1 is 1.15 bits per heavy atom. The summed E-state index contributed by atoms with van der Waals surface area (Å²) in [5, 5.41) is 1.14. The van der Waals surface area contributed by atoms with Crippen molar-refractivity contribution in [3.8, 4) is 0 Å². The van der Waals surface area contributed by atoms with Gasteiger partial charge in [-0.2, -0.15) is 0 Å². The minimum atomic E-state index is 0.483. The summed E-state index contributed by atoms with van der Waals surface area (Å²) >= 11 is 7.35. The first kappa shape index (κ1) is 16.5. The van der Waals surface area contributed by atoms with Gasteiger partial charge in [-0.15, -0.1) is 0 Å². The highest BCUT2D eigenvalue weighted by atomic mass is 79.9. The Kier molecular flexibility index (Phi) is 6.57. The monoisotopic (exact) mass is 401 g/mol. The number of alkyl halides is 1. The second kappa shape index (κ2) is 7.95. The second-order valence-corrected chi connectivity index (χ2v) is 7.83. The molecule has 0 spiro atoms. The quantitative estimate of drug-likeness (QED) is 0.456. The maximum absolute atomic E-state index is 3.79. The third-order valence-electron chi connectivity index (χ3n) is 4.39. The summed E-state index contributed by atoms with van der Waals surface area (Å²) < 4.78 is 1.17. The van der Waals surface area contributed by atoms with Crippen LogP contribution in [-0.4, -0.2) is 23.8 Å². The van der Waals surface area contributed by atoms with E-state index in [9.17, 15) is 0 Å². The maximum Gasteiger partial charge on any atom is 0.0231 e. The summed E-state index contributed by atoms with van der Waals surface area (Å²) in [4.78, 5) is 2.49. The van der Waals surface area contributed by atoms with Crippen LogP contribution in [0.15, 0.2) is 28.7 Å². The Morgan fingerprint density at radius 3 is 2.45 bits per heavy atom. The predicted molar refractivity (Wildman–Crippen MR) is 94.4 cm³/mol. The average molecular weight is 403 g/mol. The minimum Gasteiger partial charge on any atom is -0.302 e. The van der Waals surface area contributed by atoms with Crippen LogP contribution in [0.4, 0.5) is 0 Å². The van der Waals surface area contributed by atoms with Crippen molar-refractivity contribution in [1.82, 2.24) is 4.90 Å². The van der Waals surface area contributed by atoms with E-state index in [1.165, 1.54) is 55.1 Å². The van der Waals surface area contributed by atoms with Gasteiger partial charge in [-0.1, -0.05) is 69.7 Å². The fourth-order valence-electron chi connectivity index (χ4n) is 3.39. The molecule has 0 N–H and O–H groups in total. The van der Waals surface area contributed by atoms with Gasteiger partial charge in [-0.05, 0) is 43.0 Å². The minimum absolute atomic E-state index is 0.483. The van der Waals surface area contributed by atoms with E-state index < -0.39 is 0 Å². The van der Waals surface area contributed by atoms with Crippen LogP contribution in [-0.2, 0) is 6.54 Å². The molecule has 112 valence electrons. The molecule has 0 aliphatic heterocycles. The van der Waals surface area contributed by atoms with Gasteiger partial charge in [0.1, 0.15) is 0 Å². The van der Waals surface area contributed by atoms with Crippen molar-refractivity contribution in [2.45, 2.75) is 45.1 Å². The van der Waals surface area contributed by atoms with Crippen molar-refractivity contribution in [1.29, 1.82) is 0 Å². The van der Waals surface area contributed by atoms with Gasteiger partial charge in [0.25, 0.3) is 0 Å². The molecular formula is C17H25Br2N. The highest BCUT2D eigenvalue weighted by Gasteiger charge is 2.30. The van der Waals surface area contributed by atoms with Crippen molar-refractivity contribution in [2.75, 3.05) is 18.9 Å². The second-order valence-electron chi connectivity index (χ2n) is 6.35. The molecule has 1 aliphatic carbocycles. The summed E-state index contributed by atoms with van der Waals surface area (Å²) in [7, 11) is 2.26. The molecule has 0 amide bonds. The molecule has 20 heavy (non-hydrogen) atoms. The van der Waals surface area contributed by atoms with E-state index in [-0.39, 0.29) is 0 Å². The number of nitrogens with zero attached hydrogens (tertiary/aromatic N) is 1. The number of halogens is 2. The molecule has 1 aliphatic rings. The lowest BCUT2D eigenvalue weighted by atomic mass is 9.82. The molecular weight excluding hydrogens is 378 g/mol. The van der Waals surface area contributed by atoms with Crippen LogP contribution < -0.4 is 0 Å². The molecule has 0 atom stereocenters. The van der Waals surface area contributed by atoms with Crippen molar-refractivity contribution >= 4 is 31.9 Å². The zero-order valence-corrected chi connectivity index (χ0v) is 15.5. The van der Waals surface area contributed by atoms with E-state index in [2.05, 4.69) is 68.1 Å². The smallest absolute Gasteiger partial charge is 0.0231 e. The zero-order chi connectivity index (χ0) is 14.4. The Labute approximate surface area is 140 Å². The highest BCUT2D eigenvalue weighted by molar-refractivity contribution is 9.10. The molecule has 0 saturated heterocycles. The van der Waals surface area contributed by atoms with Gasteiger partial charge in [0.15, 0.2) is 0 Å². The fraction of sp³-hybridized carbons (Fsp3) is 0.647. The zero-order valence-electron chi connectivity index (χ0n) is 12.4. The van der Waals surface area contributed by atoms with Crippen LogP contribution in [0.3, 0.4) is 0 Å². The molecule has 0 unspecified atom stereocenters. The first-order valence-corrected chi connectivity index (χ1v) is 9.54. The van der Waals surface area contributed by atoms with E-state index in [1.807, 2.05) is 0 Å². The van der Waals surface area contributed by atoms with Gasteiger partial charge in [0.2, 0.25) is 0 Å². The standard InChI is InChI=1S/C17H25Br2N/c1-20(12-15-7-6-8-16(19)11-15)14-17(13-18)9-4-2-3-5-10-17/h6-8,11H,2-5,9-10,12-14H2,1H3. The van der Waals surface area contributed by atoms with Crippen LogP contribution in [0.1, 0.15) is 44.1 Å². The highest BCUT2D eigenvalue weighted by Crippen LogP contribution is 2.37. The molecule has 0 aromatic heterocycles. The van der Waals surface area contributed by atoms with Crippen molar-refractivity contribution in [2.24, 2.45) is 5.41 Å². The fourth-order valence-corrected chi connectivity index (χ4v) is 4.57. The molecule has 1 aromatic rings. The molecule has 2 rings (SSSR count). The molecule has 0 bridgehead atoms. The molecule has 0 heterocycles. The normalized spacial score (nSPS) is 19.0. The summed E-state index contributed by atoms with van der Waals surface area (Å²) in [6, 6.07) is 8.66. The largest absolute Gasteiger partial charge is 0.302 e. The van der Waals surface area contributed by atoms with Crippen molar-refractivity contribution < 1.29 is 0 Å². The van der Waals surface area contributed by atoms with Gasteiger partial charge in [-0.25, -0.2) is 0 Å². The molecule has 1 nitrogen and oxygen atoms in total. The lowest BCUT2D eigenvalue weighted by molar-refractivity contribution is 0.171. The van der Waals surface area contributed by atoms with E-state index in [4.69, 9.17) is 0 Å². The summed E-state index contributed by atoms with van der Waals surface area (Å²) in [5.74, 6) is 0. The van der Waals surface area contributed by atoms with Gasteiger partial charge >= 0.3 is 0 Å². The topological polar surface area (TPSA) is 3.24 Å². The SMILES string of the molecule is CN(Cc1cccc(Br)c1)CC1(CBr)CCCCCC1. The number of hydrogen-bond donors (Lipinski definition) is 0. The van der Waals surface area contributed by atoms with E-state index in [0.717, 1.165) is 11.9 Å². The Bertz CT molecular complexity index is 411. The molecule has 3 heteroatoms. The Hall–Kier alpha value is 0.140. The number of benzene rings is 1. The number of rotatable bonds is 5. The first-order valence-electron chi connectivity index (χ1n) is 7.63. The van der Waals surface area contributed by atoms with Crippen LogP contribution in [0.2, 0.25) is 0 Å². The van der Waals surface area contributed by atoms with Gasteiger partial charge < -0.3 is 4.90 Å². The van der Waals surface area contributed by atoms with Gasteiger partial charge in [0.05, 0.1) is 0 Å². The van der Waals surface area contributed by atoms with Gasteiger partial charge in [0, 0.05) is 22.9 Å². The van der Waals surface area contributed by atoms with E-state index >= 15 is 0 Å². The third-order valence-corrected chi connectivity index (χ3v) is 6.08. The van der Waals surface area contributed by atoms with E-state index in [0.29, 0.717) is 5.41 Å². The van der Waals surface area contributed by atoms with Crippen LogP contribution in [0.25, 0.3) is 0 Å². The molecule has 1 saturated carbocycles. The summed E-state index contributed by atoms with van der Waals surface area (Å²) in [6.07, 6.45) is 8.39. The first-order chi connectivity index (χ1) is 9.63. The molecule has 0 radical (unpaired) electrons. The molecule has 1 fully saturated rings. The van der Waals surface area contributed by atoms with E-state index in [1.54, 1.807) is 0 Å². The van der Waals surface area contributed by atoms with Crippen LogP contribution >= 0.6 is 31.9 Å². The molecule has 1 aromatic carbocycles.